The Hall–Kier alpha value is -3.42. The Kier molecular flexibility index (Phi) is 7.59. The summed E-state index contributed by atoms with van der Waals surface area (Å²) in [6.45, 7) is 1.77. The van der Waals surface area contributed by atoms with Gasteiger partial charge < -0.3 is 15.1 Å². The van der Waals surface area contributed by atoms with Gasteiger partial charge >= 0.3 is 0 Å². The minimum atomic E-state index is -0.405. The fraction of sp³-hybridized carbons (Fsp3) is 0.0870. The number of carbonyl (C=O) groups is 2. The van der Waals surface area contributed by atoms with Gasteiger partial charge in [0, 0.05) is 34.5 Å². The Morgan fingerprint density at radius 2 is 1.74 bits per heavy atom. The Bertz CT molecular complexity index is 1120. The molecule has 2 amide bonds. The van der Waals surface area contributed by atoms with Crippen molar-refractivity contribution in [2.45, 2.75) is 13.3 Å². The summed E-state index contributed by atoms with van der Waals surface area (Å²) in [6, 6.07) is 17.9. The van der Waals surface area contributed by atoms with E-state index < -0.39 is 5.91 Å². The molecule has 6 nitrogen and oxygen atoms in total. The monoisotopic (exact) mass is 453 g/mol. The zero-order valence-corrected chi connectivity index (χ0v) is 18.2. The van der Waals surface area contributed by atoms with E-state index in [0.29, 0.717) is 34.3 Å². The van der Waals surface area contributed by atoms with Crippen LogP contribution in [0.2, 0.25) is 5.02 Å². The molecule has 0 atom stereocenters. The van der Waals surface area contributed by atoms with Crippen LogP contribution in [-0.2, 0) is 9.59 Å². The van der Waals surface area contributed by atoms with Crippen LogP contribution in [0.25, 0.3) is 17.4 Å². The van der Waals surface area contributed by atoms with E-state index in [2.05, 4.69) is 16.0 Å². The van der Waals surface area contributed by atoms with Crippen molar-refractivity contribution in [2.24, 2.45) is 0 Å². The zero-order valence-electron chi connectivity index (χ0n) is 16.6. The normalized spacial score (nSPS) is 10.6. The van der Waals surface area contributed by atoms with Crippen molar-refractivity contribution >= 4 is 58.2 Å². The molecular weight excluding hydrogens is 434 g/mol. The number of rotatable bonds is 6. The Balaban J connectivity index is 1.54. The number of halogens is 1. The molecule has 31 heavy (non-hydrogen) atoms. The Morgan fingerprint density at radius 1 is 1.03 bits per heavy atom. The smallest absolute Gasteiger partial charge is 0.250 e. The van der Waals surface area contributed by atoms with E-state index in [-0.39, 0.29) is 11.0 Å². The molecule has 0 spiro atoms. The molecule has 0 aliphatic rings. The fourth-order valence-corrected chi connectivity index (χ4v) is 2.95. The van der Waals surface area contributed by atoms with E-state index >= 15 is 0 Å². The maximum absolute atomic E-state index is 12.1. The molecule has 158 valence electrons. The lowest BCUT2D eigenvalue weighted by molar-refractivity contribution is -0.116. The molecule has 0 radical (unpaired) electrons. The molecule has 3 N–H and O–H groups in total. The van der Waals surface area contributed by atoms with Gasteiger partial charge in [-0.3, -0.25) is 14.9 Å². The molecule has 3 rings (SSSR count). The van der Waals surface area contributed by atoms with Crippen LogP contribution in [0.15, 0.2) is 71.2 Å². The number of furan rings is 1. The van der Waals surface area contributed by atoms with Crippen LogP contribution in [0.1, 0.15) is 19.1 Å². The fourth-order valence-electron chi connectivity index (χ4n) is 2.61. The average molecular weight is 454 g/mol. The average Bonchev–Trinajstić information content (AvgIpc) is 3.22. The summed E-state index contributed by atoms with van der Waals surface area (Å²) in [7, 11) is 0. The van der Waals surface area contributed by atoms with Gasteiger partial charge in [-0.25, -0.2) is 0 Å². The predicted octanol–water partition coefficient (Wildman–Crippen LogP) is 5.47. The SMILES string of the molecule is CCC(=O)Nc1cccc(NC(=S)NC(=O)C=Cc2ccc(-c3ccc(Cl)cc3)o2)c1. The van der Waals surface area contributed by atoms with E-state index in [4.69, 9.17) is 28.2 Å². The molecule has 2 aromatic carbocycles. The zero-order chi connectivity index (χ0) is 22.2. The molecule has 0 bridgehead atoms. The third kappa shape index (κ3) is 6.80. The lowest BCUT2D eigenvalue weighted by atomic mass is 10.2. The summed E-state index contributed by atoms with van der Waals surface area (Å²) in [5.74, 6) is 0.704. The van der Waals surface area contributed by atoms with Crippen molar-refractivity contribution in [3.8, 4) is 11.3 Å². The minimum Gasteiger partial charge on any atom is -0.457 e. The molecule has 0 aliphatic carbocycles. The van der Waals surface area contributed by atoms with Crippen molar-refractivity contribution in [3.05, 3.63) is 77.5 Å². The maximum Gasteiger partial charge on any atom is 0.250 e. The van der Waals surface area contributed by atoms with E-state index in [0.717, 1.165) is 5.56 Å². The molecule has 0 fully saturated rings. The highest BCUT2D eigenvalue weighted by molar-refractivity contribution is 7.80. The van der Waals surface area contributed by atoms with E-state index in [1.165, 1.54) is 6.08 Å². The third-order valence-electron chi connectivity index (χ3n) is 4.12. The predicted molar refractivity (Wildman–Crippen MR) is 128 cm³/mol. The van der Waals surface area contributed by atoms with Crippen molar-refractivity contribution in [1.82, 2.24) is 5.32 Å². The van der Waals surface area contributed by atoms with Crippen LogP contribution in [-0.4, -0.2) is 16.9 Å². The summed E-state index contributed by atoms with van der Waals surface area (Å²) >= 11 is 11.1. The summed E-state index contributed by atoms with van der Waals surface area (Å²) in [6.07, 6.45) is 3.27. The van der Waals surface area contributed by atoms with Gasteiger partial charge in [0.1, 0.15) is 11.5 Å². The summed E-state index contributed by atoms with van der Waals surface area (Å²) < 4.78 is 5.72. The number of hydrogen-bond acceptors (Lipinski definition) is 4. The molecule has 8 heteroatoms. The highest BCUT2D eigenvalue weighted by Gasteiger charge is 2.06. The quantitative estimate of drug-likeness (QED) is 0.340. The van der Waals surface area contributed by atoms with Crippen LogP contribution < -0.4 is 16.0 Å². The van der Waals surface area contributed by atoms with Crippen LogP contribution in [0.4, 0.5) is 11.4 Å². The van der Waals surface area contributed by atoms with Gasteiger partial charge in [-0.15, -0.1) is 0 Å². The van der Waals surface area contributed by atoms with Crippen LogP contribution >= 0.6 is 23.8 Å². The van der Waals surface area contributed by atoms with E-state index in [9.17, 15) is 9.59 Å². The van der Waals surface area contributed by atoms with Gasteiger partial charge in [0.2, 0.25) is 11.8 Å². The first-order valence-corrected chi connectivity index (χ1v) is 10.3. The highest BCUT2D eigenvalue weighted by Crippen LogP contribution is 2.24. The molecule has 0 saturated heterocycles. The van der Waals surface area contributed by atoms with Crippen molar-refractivity contribution < 1.29 is 14.0 Å². The third-order valence-corrected chi connectivity index (χ3v) is 4.57. The topological polar surface area (TPSA) is 83.4 Å². The first-order chi connectivity index (χ1) is 14.9. The van der Waals surface area contributed by atoms with Crippen LogP contribution in [0.3, 0.4) is 0 Å². The Labute approximate surface area is 190 Å². The number of thiocarbonyl (C=S) groups is 1. The summed E-state index contributed by atoms with van der Waals surface area (Å²) in [5, 5.41) is 9.02. The Morgan fingerprint density at radius 3 is 2.45 bits per heavy atom. The molecule has 0 aliphatic heterocycles. The van der Waals surface area contributed by atoms with Crippen LogP contribution in [0, 0.1) is 0 Å². The largest absolute Gasteiger partial charge is 0.457 e. The molecule has 3 aromatic rings. The van der Waals surface area contributed by atoms with Gasteiger partial charge in [-0.2, -0.15) is 0 Å². The van der Waals surface area contributed by atoms with Gasteiger partial charge in [-0.05, 0) is 72.9 Å². The molecular formula is C23H20ClN3O3S. The molecule has 0 saturated carbocycles. The van der Waals surface area contributed by atoms with Gasteiger partial charge in [-0.1, -0.05) is 24.6 Å². The van der Waals surface area contributed by atoms with Gasteiger partial charge in [0.05, 0.1) is 0 Å². The number of amides is 2. The second-order valence-electron chi connectivity index (χ2n) is 6.47. The second-order valence-corrected chi connectivity index (χ2v) is 7.31. The first-order valence-electron chi connectivity index (χ1n) is 9.48. The number of hydrogen-bond donors (Lipinski definition) is 3. The standard InChI is InChI=1S/C23H20ClN3O3S/c1-2-21(28)25-17-4-3-5-18(14-17)26-23(31)27-22(29)13-11-19-10-12-20(30-19)15-6-8-16(24)9-7-15/h3-14H,2H2,1H3,(H,25,28)(H2,26,27,29,31). The van der Waals surface area contributed by atoms with E-state index in [1.54, 1.807) is 55.5 Å². The lowest BCUT2D eigenvalue weighted by Gasteiger charge is -2.10. The summed E-state index contributed by atoms with van der Waals surface area (Å²) in [5.41, 5.74) is 2.17. The summed E-state index contributed by atoms with van der Waals surface area (Å²) in [4.78, 5) is 23.7. The van der Waals surface area contributed by atoms with Crippen molar-refractivity contribution in [2.75, 3.05) is 10.6 Å². The molecule has 1 aromatic heterocycles. The number of carbonyl (C=O) groups excluding carboxylic acids is 2. The van der Waals surface area contributed by atoms with Crippen molar-refractivity contribution in [1.29, 1.82) is 0 Å². The molecule has 0 unspecified atom stereocenters. The van der Waals surface area contributed by atoms with Gasteiger partial charge in [0.25, 0.3) is 0 Å². The maximum atomic E-state index is 12.1. The second kappa shape index (κ2) is 10.6. The number of anilines is 2. The van der Waals surface area contributed by atoms with Crippen LogP contribution in [0.5, 0.6) is 0 Å². The van der Waals surface area contributed by atoms with Crippen molar-refractivity contribution in [3.63, 3.8) is 0 Å². The minimum absolute atomic E-state index is 0.0877. The van der Waals surface area contributed by atoms with E-state index in [1.807, 2.05) is 18.2 Å². The lowest BCUT2D eigenvalue weighted by Crippen LogP contribution is -2.32. The number of nitrogens with one attached hydrogen (secondary N) is 3. The highest BCUT2D eigenvalue weighted by atomic mass is 35.5. The van der Waals surface area contributed by atoms with Gasteiger partial charge in [0.15, 0.2) is 5.11 Å². The molecule has 1 heterocycles. The number of benzene rings is 2. The first kappa shape index (κ1) is 22.3.